The fourth-order valence-corrected chi connectivity index (χ4v) is 6.02. The van der Waals surface area contributed by atoms with Crippen LogP contribution in [0.1, 0.15) is 63.8 Å². The van der Waals surface area contributed by atoms with Crippen LogP contribution in [0.15, 0.2) is 42.5 Å². The molecule has 0 aliphatic heterocycles. The maximum Gasteiger partial charge on any atom is 0.441 e. The Balaban J connectivity index is 2.62. The van der Waals surface area contributed by atoms with Crippen LogP contribution in [0.5, 0.6) is 0 Å². The van der Waals surface area contributed by atoms with E-state index in [1.807, 2.05) is 32.0 Å². The third kappa shape index (κ3) is 5.36. The summed E-state index contributed by atoms with van der Waals surface area (Å²) in [5.41, 5.74) is 6.11. The zero-order chi connectivity index (χ0) is 25.8. The predicted octanol–water partition coefficient (Wildman–Crippen LogP) is 7.90. The summed E-state index contributed by atoms with van der Waals surface area (Å²) >= 11 is 13.8. The van der Waals surface area contributed by atoms with E-state index in [2.05, 4.69) is 53.7 Å². The summed E-state index contributed by atoms with van der Waals surface area (Å²) in [4.78, 5) is 31.6. The Labute approximate surface area is 214 Å². The lowest BCUT2D eigenvalue weighted by Crippen LogP contribution is -2.20. The quantitative estimate of drug-likeness (QED) is 0.308. The highest BCUT2D eigenvalue weighted by Gasteiger charge is 2.41. The van der Waals surface area contributed by atoms with Gasteiger partial charge in [-0.3, -0.25) is 0 Å². The van der Waals surface area contributed by atoms with Gasteiger partial charge in [0.15, 0.2) is 5.30 Å². The van der Waals surface area contributed by atoms with Crippen LogP contribution in [-0.4, -0.2) is 14.7 Å². The monoisotopic (exact) mass is 519 g/mol. The van der Waals surface area contributed by atoms with E-state index in [9.17, 15) is 14.7 Å². The molecule has 0 saturated carbocycles. The smallest absolute Gasteiger partial charge is 0.189 e. The Morgan fingerprint density at radius 3 is 1.53 bits per heavy atom. The summed E-state index contributed by atoms with van der Waals surface area (Å²) in [5.74, 6) is 0. The summed E-state index contributed by atoms with van der Waals surface area (Å²) in [6.07, 6.45) is 0. The van der Waals surface area contributed by atoms with Crippen molar-refractivity contribution in [2.75, 3.05) is 0 Å². The molecule has 34 heavy (non-hydrogen) atoms. The van der Waals surface area contributed by atoms with Crippen molar-refractivity contribution < 1.29 is 14.7 Å². The zero-order valence-electron chi connectivity index (χ0n) is 21.1. The van der Waals surface area contributed by atoms with E-state index in [0.717, 1.165) is 27.8 Å². The molecule has 3 rings (SSSR count). The molecule has 0 atom stereocenters. The summed E-state index contributed by atoms with van der Waals surface area (Å²) in [6, 6.07) is 13.1. The molecule has 0 radical (unpaired) electrons. The molecule has 3 N–H and O–H groups in total. The normalized spacial score (nSPS) is 12.9. The van der Waals surface area contributed by atoms with Gasteiger partial charge in [-0.25, -0.2) is 0 Å². The van der Waals surface area contributed by atoms with Crippen LogP contribution >= 0.6 is 31.1 Å². The van der Waals surface area contributed by atoms with E-state index in [-0.39, 0.29) is 16.1 Å². The first-order valence-electron chi connectivity index (χ1n) is 11.3. The van der Waals surface area contributed by atoms with E-state index in [1.165, 1.54) is 0 Å². The molecular weight excluding hydrogens is 486 g/mol. The van der Waals surface area contributed by atoms with Crippen LogP contribution in [0.4, 0.5) is 0 Å². The first kappa shape index (κ1) is 27.1. The first-order valence-corrected chi connectivity index (χ1v) is 13.7. The topological polar surface area (TPSA) is 60.7 Å². The van der Waals surface area contributed by atoms with Crippen molar-refractivity contribution in [2.45, 2.75) is 66.2 Å². The molecule has 3 aromatic carbocycles. The SMILES string of the molecule is Cc1cc(Cl)c(-c2cccc([P+](O)(O)O)c2-c2c(Cl)cc(C)cc2C(C)(C)C)c(C(C)(C)C)c1. The molecule has 0 unspecified atom stereocenters. The van der Waals surface area contributed by atoms with Gasteiger partial charge in [-0.2, -0.15) is 14.7 Å². The van der Waals surface area contributed by atoms with Crippen molar-refractivity contribution in [1.82, 2.24) is 0 Å². The summed E-state index contributed by atoms with van der Waals surface area (Å²) in [7, 11) is -4.40. The molecule has 0 bridgehead atoms. The highest BCUT2D eigenvalue weighted by molar-refractivity contribution is 7.67. The standard InChI is InChI=1S/C28H34Cl2O3P/c1-16-12-19(27(3,4)5)24(21(29)14-16)18-10-9-11-23(34(31,32)33)25(18)26-20(28(6,7)8)13-17(2)15-22(26)30/h9-15,31-33H,1-8H3/q+1. The average Bonchev–Trinajstić information content (AvgIpc) is 2.64. The number of hydrogen-bond donors (Lipinski definition) is 3. The maximum absolute atomic E-state index is 10.5. The molecule has 0 spiro atoms. The highest BCUT2D eigenvalue weighted by atomic mass is 35.5. The molecular formula is C28H34Cl2O3P+. The molecule has 6 heteroatoms. The van der Waals surface area contributed by atoms with Crippen molar-refractivity contribution in [2.24, 2.45) is 0 Å². The number of benzene rings is 3. The summed E-state index contributed by atoms with van der Waals surface area (Å²) in [6.45, 7) is 16.6. The molecule has 182 valence electrons. The molecule has 3 aromatic rings. The van der Waals surface area contributed by atoms with E-state index >= 15 is 0 Å². The number of rotatable bonds is 3. The van der Waals surface area contributed by atoms with Crippen LogP contribution in [0.2, 0.25) is 10.0 Å². The Morgan fingerprint density at radius 2 is 1.09 bits per heavy atom. The van der Waals surface area contributed by atoms with Crippen molar-refractivity contribution in [1.29, 1.82) is 0 Å². The van der Waals surface area contributed by atoms with Gasteiger partial charge in [0.2, 0.25) is 0 Å². The Bertz CT molecular complexity index is 1250. The van der Waals surface area contributed by atoms with Crippen LogP contribution in [0, 0.1) is 13.8 Å². The maximum atomic E-state index is 10.5. The van der Waals surface area contributed by atoms with Gasteiger partial charge in [0.25, 0.3) is 0 Å². The van der Waals surface area contributed by atoms with Gasteiger partial charge in [-0.05, 0) is 70.7 Å². The van der Waals surface area contributed by atoms with Gasteiger partial charge in [0, 0.05) is 26.7 Å². The van der Waals surface area contributed by atoms with Crippen molar-refractivity contribution in [3.8, 4) is 22.3 Å². The van der Waals surface area contributed by atoms with E-state index < -0.39 is 7.94 Å². The van der Waals surface area contributed by atoms with E-state index in [4.69, 9.17) is 23.2 Å². The fourth-order valence-electron chi connectivity index (χ4n) is 4.46. The molecule has 3 nitrogen and oxygen atoms in total. The van der Waals surface area contributed by atoms with Gasteiger partial charge in [0.05, 0.1) is 0 Å². The van der Waals surface area contributed by atoms with Crippen molar-refractivity contribution in [3.05, 3.63) is 74.8 Å². The lowest BCUT2D eigenvalue weighted by Gasteiger charge is -2.29. The average molecular weight is 520 g/mol. The Kier molecular flexibility index (Phi) is 7.35. The molecule has 0 heterocycles. The molecule has 0 aliphatic carbocycles. The second-order valence-electron chi connectivity index (χ2n) is 11.1. The van der Waals surface area contributed by atoms with E-state index in [1.54, 1.807) is 12.1 Å². The van der Waals surface area contributed by atoms with Gasteiger partial charge >= 0.3 is 7.94 Å². The van der Waals surface area contributed by atoms with E-state index in [0.29, 0.717) is 26.7 Å². The Hall–Kier alpha value is -1.45. The van der Waals surface area contributed by atoms with Gasteiger partial charge in [0.1, 0.15) is 0 Å². The molecule has 0 fully saturated rings. The van der Waals surface area contributed by atoms with Crippen LogP contribution < -0.4 is 5.30 Å². The minimum absolute atomic E-state index is 0.0535. The van der Waals surface area contributed by atoms with Gasteiger partial charge in [-0.1, -0.05) is 89.0 Å². The zero-order valence-corrected chi connectivity index (χ0v) is 23.5. The molecule has 0 amide bonds. The van der Waals surface area contributed by atoms with Gasteiger partial charge in [-0.15, -0.1) is 0 Å². The third-order valence-electron chi connectivity index (χ3n) is 5.97. The van der Waals surface area contributed by atoms with Crippen molar-refractivity contribution >= 4 is 36.4 Å². The predicted molar refractivity (Wildman–Crippen MR) is 147 cm³/mol. The van der Waals surface area contributed by atoms with Crippen molar-refractivity contribution in [3.63, 3.8) is 0 Å². The number of hydrogen-bond acceptors (Lipinski definition) is 3. The Morgan fingerprint density at radius 1 is 0.647 bits per heavy atom. The summed E-state index contributed by atoms with van der Waals surface area (Å²) in [5, 5.41) is 1.09. The van der Waals surface area contributed by atoms with Crippen LogP contribution in [0.3, 0.4) is 0 Å². The lowest BCUT2D eigenvalue weighted by atomic mass is 9.77. The van der Waals surface area contributed by atoms with Crippen LogP contribution in [0.25, 0.3) is 22.3 Å². The lowest BCUT2D eigenvalue weighted by molar-refractivity contribution is 0.347. The minimum atomic E-state index is -4.40. The molecule has 0 aliphatic rings. The first-order chi connectivity index (χ1) is 15.4. The number of halogens is 2. The second-order valence-corrected chi connectivity index (χ2v) is 13.5. The largest absolute Gasteiger partial charge is 0.441 e. The summed E-state index contributed by atoms with van der Waals surface area (Å²) < 4.78 is 0. The molecule has 0 aromatic heterocycles. The second kappa shape index (κ2) is 9.21. The number of aryl methyl sites for hydroxylation is 2. The van der Waals surface area contributed by atoms with Gasteiger partial charge < -0.3 is 0 Å². The highest BCUT2D eigenvalue weighted by Crippen LogP contribution is 2.52. The fraction of sp³-hybridized carbons (Fsp3) is 0.357. The molecule has 0 saturated heterocycles. The third-order valence-corrected chi connectivity index (χ3v) is 7.59. The minimum Gasteiger partial charge on any atom is -0.189 e. The van der Waals surface area contributed by atoms with Crippen LogP contribution in [-0.2, 0) is 10.8 Å².